The van der Waals surface area contributed by atoms with Crippen molar-refractivity contribution in [1.29, 1.82) is 0 Å². The molecule has 0 aliphatic heterocycles. The quantitative estimate of drug-likeness (QED) is 0.369. The zero-order valence-electron chi connectivity index (χ0n) is 15.5. The second-order valence-electron chi connectivity index (χ2n) is 6.30. The van der Waals surface area contributed by atoms with E-state index in [0.29, 0.717) is 12.2 Å². The van der Waals surface area contributed by atoms with Gasteiger partial charge in [0.1, 0.15) is 5.69 Å². The number of nitrogens with one attached hydrogen (secondary N) is 1. The molecule has 0 unspecified atom stereocenters. The van der Waals surface area contributed by atoms with E-state index in [9.17, 15) is 14.9 Å². The largest absolute Gasteiger partial charge is 0.375 e. The van der Waals surface area contributed by atoms with Crippen molar-refractivity contribution >= 4 is 17.3 Å². The maximum atomic E-state index is 12.4. The second-order valence-corrected chi connectivity index (χ2v) is 6.30. The summed E-state index contributed by atoms with van der Waals surface area (Å²) in [5, 5.41) is 14.2. The number of anilines is 1. The normalized spacial score (nSPS) is 10.5. The first-order valence-corrected chi connectivity index (χ1v) is 8.87. The van der Waals surface area contributed by atoms with Gasteiger partial charge in [0.05, 0.1) is 11.3 Å². The number of hydrogen-bond donors (Lipinski definition) is 1. The summed E-state index contributed by atoms with van der Waals surface area (Å²) in [6, 6.07) is 14.4. The second kappa shape index (κ2) is 8.81. The molecule has 0 saturated carbocycles. The van der Waals surface area contributed by atoms with Crippen molar-refractivity contribution in [3.05, 3.63) is 82.9 Å². The summed E-state index contributed by atoms with van der Waals surface area (Å²) < 4.78 is 1.54. The molecule has 8 nitrogen and oxygen atoms in total. The predicted molar refractivity (Wildman–Crippen MR) is 107 cm³/mol. The summed E-state index contributed by atoms with van der Waals surface area (Å²) >= 11 is 0. The van der Waals surface area contributed by atoms with Gasteiger partial charge < -0.3 is 14.8 Å². The minimum absolute atomic E-state index is 0.144. The van der Waals surface area contributed by atoms with Crippen LogP contribution >= 0.6 is 0 Å². The number of benzene rings is 2. The zero-order valence-corrected chi connectivity index (χ0v) is 15.5. The average molecular weight is 379 g/mol. The molecule has 8 heteroatoms. The SMILES string of the molecule is CN(CCCNC(=O)c1ccc(-n2ccnc2)c([N+](=O)[O-])c1)c1ccccc1. The van der Waals surface area contributed by atoms with Crippen LogP contribution in [0.15, 0.2) is 67.3 Å². The van der Waals surface area contributed by atoms with Crippen molar-refractivity contribution in [2.24, 2.45) is 0 Å². The van der Waals surface area contributed by atoms with Crippen molar-refractivity contribution in [1.82, 2.24) is 14.9 Å². The Morgan fingerprint density at radius 3 is 2.71 bits per heavy atom. The van der Waals surface area contributed by atoms with Gasteiger partial charge in [-0.25, -0.2) is 4.98 Å². The number of nitrogens with zero attached hydrogens (tertiary/aromatic N) is 4. The van der Waals surface area contributed by atoms with Gasteiger partial charge in [-0.05, 0) is 30.7 Å². The van der Waals surface area contributed by atoms with Crippen LogP contribution in [-0.4, -0.2) is 40.5 Å². The molecule has 2 aromatic carbocycles. The molecular formula is C20H21N5O3. The van der Waals surface area contributed by atoms with Gasteiger partial charge in [0.25, 0.3) is 11.6 Å². The summed E-state index contributed by atoms with van der Waals surface area (Å²) in [5.41, 5.74) is 1.59. The van der Waals surface area contributed by atoms with E-state index in [1.54, 1.807) is 22.9 Å². The molecule has 28 heavy (non-hydrogen) atoms. The molecule has 0 aliphatic carbocycles. The van der Waals surface area contributed by atoms with Crippen molar-refractivity contribution in [2.75, 3.05) is 25.0 Å². The zero-order chi connectivity index (χ0) is 19.9. The molecule has 0 spiro atoms. The summed E-state index contributed by atoms with van der Waals surface area (Å²) in [6.07, 6.45) is 5.39. The number of nitro groups is 1. The monoisotopic (exact) mass is 379 g/mol. The van der Waals surface area contributed by atoms with Crippen molar-refractivity contribution < 1.29 is 9.72 Å². The van der Waals surface area contributed by atoms with Crippen LogP contribution in [0.4, 0.5) is 11.4 Å². The fourth-order valence-electron chi connectivity index (χ4n) is 2.86. The lowest BCUT2D eigenvalue weighted by Crippen LogP contribution is -2.28. The molecule has 1 amide bonds. The molecule has 0 atom stereocenters. The lowest BCUT2D eigenvalue weighted by molar-refractivity contribution is -0.384. The van der Waals surface area contributed by atoms with Gasteiger partial charge in [0.2, 0.25) is 0 Å². The Morgan fingerprint density at radius 1 is 1.25 bits per heavy atom. The van der Waals surface area contributed by atoms with E-state index in [4.69, 9.17) is 0 Å². The van der Waals surface area contributed by atoms with Crippen LogP contribution < -0.4 is 10.2 Å². The molecule has 3 aromatic rings. The number of amides is 1. The molecule has 1 aromatic heterocycles. The maximum absolute atomic E-state index is 12.4. The summed E-state index contributed by atoms with van der Waals surface area (Å²) in [4.78, 5) is 29.3. The van der Waals surface area contributed by atoms with E-state index in [0.717, 1.165) is 18.7 Å². The fourth-order valence-corrected chi connectivity index (χ4v) is 2.86. The number of aromatic nitrogens is 2. The molecule has 0 aliphatic rings. The third-order valence-corrected chi connectivity index (χ3v) is 4.37. The maximum Gasteiger partial charge on any atom is 0.294 e. The first-order chi connectivity index (χ1) is 13.6. The minimum Gasteiger partial charge on any atom is -0.375 e. The number of para-hydroxylation sites is 1. The number of nitro benzene ring substituents is 1. The molecule has 0 saturated heterocycles. The third kappa shape index (κ3) is 4.53. The average Bonchev–Trinajstić information content (AvgIpc) is 3.25. The number of carbonyl (C=O) groups is 1. The van der Waals surface area contributed by atoms with Gasteiger partial charge in [0.15, 0.2) is 0 Å². The van der Waals surface area contributed by atoms with Crippen LogP contribution in [0, 0.1) is 10.1 Å². The Hall–Kier alpha value is -3.68. The Kier molecular flexibility index (Phi) is 6.01. The molecule has 1 N–H and O–H groups in total. The van der Waals surface area contributed by atoms with Gasteiger partial charge in [-0.1, -0.05) is 18.2 Å². The Bertz CT molecular complexity index is 942. The fraction of sp³-hybridized carbons (Fsp3) is 0.200. The minimum atomic E-state index is -0.499. The third-order valence-electron chi connectivity index (χ3n) is 4.37. The molecular weight excluding hydrogens is 358 g/mol. The first-order valence-electron chi connectivity index (χ1n) is 8.87. The molecule has 0 bridgehead atoms. The number of rotatable bonds is 8. The van der Waals surface area contributed by atoms with E-state index < -0.39 is 4.92 Å². The van der Waals surface area contributed by atoms with Gasteiger partial charge in [0, 0.05) is 49.8 Å². The number of carbonyl (C=O) groups excluding carboxylic acids is 1. The van der Waals surface area contributed by atoms with Gasteiger partial charge in [-0.15, -0.1) is 0 Å². The Labute approximate surface area is 162 Å². The summed E-state index contributed by atoms with van der Waals surface area (Å²) in [6.45, 7) is 1.26. The van der Waals surface area contributed by atoms with Gasteiger partial charge in [-0.3, -0.25) is 14.9 Å². The van der Waals surface area contributed by atoms with Crippen LogP contribution in [0.1, 0.15) is 16.8 Å². The highest BCUT2D eigenvalue weighted by molar-refractivity contribution is 5.95. The van der Waals surface area contributed by atoms with Crippen LogP contribution in [0.5, 0.6) is 0 Å². The van der Waals surface area contributed by atoms with E-state index in [1.165, 1.54) is 18.6 Å². The standard InChI is InChI=1S/C20H21N5O3/c1-23(17-6-3-2-4-7-17)12-5-10-22-20(26)16-8-9-18(19(14-16)25(27)28)24-13-11-21-15-24/h2-4,6-9,11,13-15H,5,10,12H2,1H3,(H,22,26). The van der Waals surface area contributed by atoms with Crippen molar-refractivity contribution in [2.45, 2.75) is 6.42 Å². The van der Waals surface area contributed by atoms with E-state index in [1.807, 2.05) is 37.4 Å². The van der Waals surface area contributed by atoms with E-state index in [2.05, 4.69) is 15.2 Å². The van der Waals surface area contributed by atoms with E-state index >= 15 is 0 Å². The molecule has 0 fully saturated rings. The summed E-state index contributed by atoms with van der Waals surface area (Å²) in [7, 11) is 2.00. The lowest BCUT2D eigenvalue weighted by Gasteiger charge is -2.19. The van der Waals surface area contributed by atoms with Crippen LogP contribution in [0.25, 0.3) is 5.69 Å². The van der Waals surface area contributed by atoms with Gasteiger partial charge >= 0.3 is 0 Å². The molecule has 144 valence electrons. The van der Waals surface area contributed by atoms with Crippen molar-refractivity contribution in [3.63, 3.8) is 0 Å². The summed E-state index contributed by atoms with van der Waals surface area (Å²) in [5.74, 6) is -0.331. The number of hydrogen-bond acceptors (Lipinski definition) is 5. The van der Waals surface area contributed by atoms with Crippen molar-refractivity contribution in [3.8, 4) is 5.69 Å². The van der Waals surface area contributed by atoms with Crippen LogP contribution in [0.3, 0.4) is 0 Å². The highest BCUT2D eigenvalue weighted by Gasteiger charge is 2.18. The Morgan fingerprint density at radius 2 is 2.04 bits per heavy atom. The van der Waals surface area contributed by atoms with Crippen LogP contribution in [0.2, 0.25) is 0 Å². The molecule has 1 heterocycles. The topological polar surface area (TPSA) is 93.3 Å². The predicted octanol–water partition coefficient (Wildman–Crippen LogP) is 3.04. The number of imidazole rings is 1. The Balaban J connectivity index is 1.58. The molecule has 0 radical (unpaired) electrons. The van der Waals surface area contributed by atoms with E-state index in [-0.39, 0.29) is 17.2 Å². The highest BCUT2D eigenvalue weighted by atomic mass is 16.6. The highest BCUT2D eigenvalue weighted by Crippen LogP contribution is 2.24. The van der Waals surface area contributed by atoms with Crippen LogP contribution in [-0.2, 0) is 0 Å². The smallest absolute Gasteiger partial charge is 0.294 e. The first kappa shape index (κ1) is 19.1. The van der Waals surface area contributed by atoms with Gasteiger partial charge in [-0.2, -0.15) is 0 Å². The lowest BCUT2D eigenvalue weighted by atomic mass is 10.1. The molecule has 3 rings (SSSR count).